The SMILES string of the molecule is O=CC1CC1.[B]C([B])(c1cccc(C(=O)N(C)C2CC2)n1)N1CCC(n2ncc3c2C(CC)N(C)c2c(NC(/C=C(\N)NC)=C(/N)C(=O)NC4CC4)cccc2-3)CC1. The zero-order chi connectivity index (χ0) is 41.3. The first-order chi connectivity index (χ1) is 27.9. The summed E-state index contributed by atoms with van der Waals surface area (Å²) in [6, 6.07) is 12.0. The summed E-state index contributed by atoms with van der Waals surface area (Å²) < 4.78 is 2.20. The Labute approximate surface area is 344 Å². The third kappa shape index (κ3) is 8.62. The number of benzene rings is 1. The highest BCUT2D eigenvalue weighted by molar-refractivity contribution is 6.39. The zero-order valence-corrected chi connectivity index (χ0v) is 34.1. The molecule has 16 heteroatoms. The van der Waals surface area contributed by atoms with Gasteiger partial charge < -0.3 is 46.9 Å². The third-order valence-electron chi connectivity index (χ3n) is 11.9. The number of hydrogen-bond donors (Lipinski definition) is 5. The molecule has 4 radical (unpaired) electrons. The molecule has 3 saturated carbocycles. The van der Waals surface area contributed by atoms with Crippen LogP contribution in [0, 0.1) is 5.92 Å². The maximum absolute atomic E-state index is 13.0. The lowest BCUT2D eigenvalue weighted by Gasteiger charge is -2.44. The van der Waals surface area contributed by atoms with Crippen molar-refractivity contribution in [3.05, 3.63) is 83.0 Å². The Balaban J connectivity index is 0.000000952. The molecule has 302 valence electrons. The number of para-hydroxylation sites is 1. The van der Waals surface area contributed by atoms with Gasteiger partial charge in [0.15, 0.2) is 0 Å². The number of aldehydes is 1. The van der Waals surface area contributed by atoms with E-state index in [1.807, 2.05) is 30.3 Å². The Morgan fingerprint density at radius 3 is 2.31 bits per heavy atom. The first-order valence-electron chi connectivity index (χ1n) is 20.5. The van der Waals surface area contributed by atoms with Gasteiger partial charge in [-0.1, -0.05) is 25.1 Å². The van der Waals surface area contributed by atoms with Gasteiger partial charge in [-0.05, 0) is 94.4 Å². The van der Waals surface area contributed by atoms with Crippen molar-refractivity contribution in [3.63, 3.8) is 0 Å². The predicted octanol–water partition coefficient (Wildman–Crippen LogP) is 3.34. The minimum absolute atomic E-state index is 0.0307. The number of piperidine rings is 1. The topological polar surface area (TPSA) is 180 Å². The molecule has 7 N–H and O–H groups in total. The fourth-order valence-corrected chi connectivity index (χ4v) is 7.88. The predicted molar refractivity (Wildman–Crippen MR) is 228 cm³/mol. The molecule has 8 rings (SSSR count). The number of nitrogens with one attached hydrogen (secondary N) is 3. The molecule has 0 bridgehead atoms. The van der Waals surface area contributed by atoms with Crippen molar-refractivity contribution in [1.29, 1.82) is 0 Å². The quantitative estimate of drug-likeness (QED) is 0.0744. The minimum atomic E-state index is -1.33. The highest BCUT2D eigenvalue weighted by Gasteiger charge is 2.38. The van der Waals surface area contributed by atoms with Gasteiger partial charge in [0.05, 0.1) is 62.6 Å². The fourth-order valence-electron chi connectivity index (χ4n) is 7.88. The Bertz CT molecular complexity index is 2080. The monoisotopic (exact) mass is 783 g/mol. The van der Waals surface area contributed by atoms with Crippen LogP contribution in [0.15, 0.2) is 65.9 Å². The summed E-state index contributed by atoms with van der Waals surface area (Å²) in [5, 5.41) is 13.0. The van der Waals surface area contributed by atoms with E-state index in [2.05, 4.69) is 50.6 Å². The number of likely N-dealkylation sites (tertiary alicyclic amines) is 1. The van der Waals surface area contributed by atoms with Gasteiger partial charge in [0.2, 0.25) is 0 Å². The summed E-state index contributed by atoms with van der Waals surface area (Å²) in [6.07, 6.45) is 13.3. The van der Waals surface area contributed by atoms with Crippen molar-refractivity contribution in [1.82, 2.24) is 35.2 Å². The van der Waals surface area contributed by atoms with E-state index in [0.717, 1.165) is 92.3 Å². The maximum Gasteiger partial charge on any atom is 0.272 e. The number of pyridine rings is 1. The number of carbonyl (C=O) groups is 3. The van der Waals surface area contributed by atoms with Crippen LogP contribution in [0.2, 0.25) is 0 Å². The smallest absolute Gasteiger partial charge is 0.272 e. The van der Waals surface area contributed by atoms with E-state index < -0.39 is 5.34 Å². The molecule has 5 aliphatic rings. The van der Waals surface area contributed by atoms with E-state index in [1.165, 1.54) is 0 Å². The van der Waals surface area contributed by atoms with Gasteiger partial charge >= 0.3 is 0 Å². The molecule has 1 aromatic carbocycles. The first kappa shape index (κ1) is 40.9. The van der Waals surface area contributed by atoms with Crippen LogP contribution in [-0.2, 0) is 14.9 Å². The van der Waals surface area contributed by atoms with Crippen LogP contribution in [0.25, 0.3) is 11.1 Å². The van der Waals surface area contributed by atoms with Crippen LogP contribution < -0.4 is 32.3 Å². The van der Waals surface area contributed by atoms with Gasteiger partial charge in [0.1, 0.15) is 17.7 Å². The van der Waals surface area contributed by atoms with Gasteiger partial charge in [-0.2, -0.15) is 5.10 Å². The average molecular weight is 784 g/mol. The van der Waals surface area contributed by atoms with Gasteiger partial charge in [-0.3, -0.25) is 14.3 Å². The van der Waals surface area contributed by atoms with Gasteiger partial charge in [0.25, 0.3) is 11.8 Å². The Kier molecular flexibility index (Phi) is 11.9. The molecular formula is C42H55B2N11O3. The third-order valence-corrected chi connectivity index (χ3v) is 11.9. The molecule has 1 atom stereocenters. The number of rotatable bonds is 13. The molecule has 1 unspecified atom stereocenters. The number of carbonyl (C=O) groups excluding carboxylic acids is 3. The number of fused-ring (bicyclic) bond motifs is 3. The number of nitrogens with zero attached hydrogens (tertiary/aromatic N) is 6. The van der Waals surface area contributed by atoms with Gasteiger partial charge in [0, 0.05) is 62.0 Å². The van der Waals surface area contributed by atoms with E-state index in [1.54, 1.807) is 36.2 Å². The molecular weight excluding hydrogens is 728 g/mol. The summed E-state index contributed by atoms with van der Waals surface area (Å²) in [5.41, 5.74) is 19.0. The second kappa shape index (κ2) is 16.9. The lowest BCUT2D eigenvalue weighted by molar-refractivity contribution is -0.117. The molecule has 14 nitrogen and oxygen atoms in total. The Hall–Kier alpha value is -5.24. The normalized spacial score (nSPS) is 20.1. The van der Waals surface area contributed by atoms with Crippen LogP contribution in [0.3, 0.4) is 0 Å². The summed E-state index contributed by atoms with van der Waals surface area (Å²) in [6.45, 7) is 3.46. The lowest BCUT2D eigenvalue weighted by Crippen LogP contribution is -2.51. The standard InChI is InChI=1S/C38H49B2N11O2.C4H6O/c1-5-30-35-26(25-8-6-9-27(34(25)49(30)4)46-29(20-32(41)43-2)33(42)36(52)45-22-12-13-22)21-44-51(35)24-16-18-50(19-17-24)38(39,40)31-11-7-10-28(47-31)37(53)48(3)23-14-15-23;5-3-4-1-2-4/h6-11,20-24,30,43,46H,5,12-19,41-42H2,1-4H3,(H,45,52);3-4H,1-2H2/b32-20+,33-29+;. The number of amides is 2. The Morgan fingerprint density at radius 2 is 1.71 bits per heavy atom. The minimum Gasteiger partial charge on any atom is -0.393 e. The van der Waals surface area contributed by atoms with Crippen molar-refractivity contribution >= 4 is 45.2 Å². The maximum atomic E-state index is 13.0. The van der Waals surface area contributed by atoms with Gasteiger partial charge in [-0.25, -0.2) is 4.98 Å². The second-order valence-corrected chi connectivity index (χ2v) is 16.2. The zero-order valence-electron chi connectivity index (χ0n) is 34.1. The highest BCUT2D eigenvalue weighted by atomic mass is 16.2. The first-order valence-corrected chi connectivity index (χ1v) is 20.5. The summed E-state index contributed by atoms with van der Waals surface area (Å²) in [4.78, 5) is 46.4. The average Bonchev–Trinajstić information content (AvgIpc) is 4.11. The highest BCUT2D eigenvalue weighted by Crippen LogP contribution is 2.50. The van der Waals surface area contributed by atoms with Crippen molar-refractivity contribution in [2.24, 2.45) is 17.4 Å². The molecule has 2 aliphatic heterocycles. The van der Waals surface area contributed by atoms with Crippen molar-refractivity contribution in [2.75, 3.05) is 44.4 Å². The van der Waals surface area contributed by atoms with Crippen LogP contribution in [0.4, 0.5) is 11.4 Å². The molecule has 4 fully saturated rings. The molecule has 2 amide bonds. The van der Waals surface area contributed by atoms with Crippen LogP contribution in [0.5, 0.6) is 0 Å². The van der Waals surface area contributed by atoms with Crippen LogP contribution in [-0.4, -0.2) is 105 Å². The summed E-state index contributed by atoms with van der Waals surface area (Å²) >= 11 is 0. The molecule has 3 aromatic rings. The number of anilines is 2. The molecule has 2 aromatic heterocycles. The molecule has 1 saturated heterocycles. The molecule has 0 spiro atoms. The van der Waals surface area contributed by atoms with Crippen molar-refractivity contribution in [2.45, 2.75) is 94.2 Å². The summed E-state index contributed by atoms with van der Waals surface area (Å²) in [5.74, 6) is 0.384. The number of hydrogen-bond acceptors (Lipinski definition) is 11. The second-order valence-electron chi connectivity index (χ2n) is 16.2. The van der Waals surface area contributed by atoms with Crippen molar-refractivity contribution < 1.29 is 14.4 Å². The van der Waals surface area contributed by atoms with E-state index in [0.29, 0.717) is 41.9 Å². The van der Waals surface area contributed by atoms with Crippen LogP contribution in [0.1, 0.15) is 98.7 Å². The van der Waals surface area contributed by atoms with E-state index in [9.17, 15) is 14.4 Å². The van der Waals surface area contributed by atoms with E-state index in [4.69, 9.17) is 32.3 Å². The number of nitrogens with two attached hydrogens (primary N) is 2. The molecule has 3 aliphatic carbocycles. The Morgan fingerprint density at radius 1 is 1.00 bits per heavy atom. The van der Waals surface area contributed by atoms with Crippen molar-refractivity contribution in [3.8, 4) is 11.1 Å². The number of aromatic nitrogens is 3. The fraction of sp³-hybridized carbons (Fsp3) is 0.500. The lowest BCUT2D eigenvalue weighted by atomic mass is 9.58. The largest absolute Gasteiger partial charge is 0.393 e. The number of allylic oxidation sites excluding steroid dienone is 1. The van der Waals surface area contributed by atoms with Gasteiger partial charge in [-0.15, -0.1) is 0 Å². The van der Waals surface area contributed by atoms with E-state index in [-0.39, 0.29) is 41.7 Å². The molecule has 4 heterocycles. The van der Waals surface area contributed by atoms with Crippen LogP contribution >= 0.6 is 0 Å². The summed E-state index contributed by atoms with van der Waals surface area (Å²) in [7, 11) is 19.2. The molecule has 58 heavy (non-hydrogen) atoms. The van der Waals surface area contributed by atoms with E-state index >= 15 is 0 Å².